The molecule has 0 amide bonds. The first-order chi connectivity index (χ1) is 5.79. The lowest BCUT2D eigenvalue weighted by Crippen LogP contribution is -2.37. The van der Waals surface area contributed by atoms with Crippen LogP contribution in [0.1, 0.15) is 12.8 Å². The van der Waals surface area contributed by atoms with Gasteiger partial charge in [-0.3, -0.25) is 4.90 Å². The number of ether oxygens (including phenoxy) is 1. The molecule has 0 N–H and O–H groups in total. The molecule has 12 heavy (non-hydrogen) atoms. The number of carboxylic acids is 1. The van der Waals surface area contributed by atoms with Gasteiger partial charge in [0.05, 0.1) is 13.2 Å². The van der Waals surface area contributed by atoms with Gasteiger partial charge in [0.1, 0.15) is 0 Å². The van der Waals surface area contributed by atoms with Crippen molar-refractivity contribution in [2.45, 2.75) is 12.8 Å². The summed E-state index contributed by atoms with van der Waals surface area (Å²) in [5.41, 5.74) is 0. The average Bonchev–Trinajstić information content (AvgIpc) is 2.05. The Balaban J connectivity index is 2.01. The van der Waals surface area contributed by atoms with E-state index in [1.54, 1.807) is 0 Å². The predicted octanol–water partition coefficient (Wildman–Crippen LogP) is -1.15. The Morgan fingerprint density at radius 2 is 2.08 bits per heavy atom. The molecule has 0 bridgehead atoms. The summed E-state index contributed by atoms with van der Waals surface area (Å²) in [6.07, 6.45) is 0.847. The molecule has 1 fully saturated rings. The molecular formula is C8H14NO3-. The zero-order valence-corrected chi connectivity index (χ0v) is 7.12. The maximum absolute atomic E-state index is 10.1. The summed E-state index contributed by atoms with van der Waals surface area (Å²) >= 11 is 0. The number of carbonyl (C=O) groups is 1. The number of nitrogens with zero attached hydrogens (tertiary/aromatic N) is 1. The first-order valence-corrected chi connectivity index (χ1v) is 4.29. The summed E-state index contributed by atoms with van der Waals surface area (Å²) < 4.78 is 5.16. The second-order valence-electron chi connectivity index (χ2n) is 2.93. The monoisotopic (exact) mass is 172 g/mol. The fraction of sp³-hybridized carbons (Fsp3) is 0.875. The summed E-state index contributed by atoms with van der Waals surface area (Å²) in [5, 5.41) is 10.1. The molecule has 0 saturated carbocycles. The lowest BCUT2D eigenvalue weighted by atomic mass is 10.3. The summed E-state index contributed by atoms with van der Waals surface area (Å²) in [6.45, 7) is 4.23. The largest absolute Gasteiger partial charge is 0.550 e. The fourth-order valence-electron chi connectivity index (χ4n) is 1.27. The van der Waals surface area contributed by atoms with Crippen molar-refractivity contribution in [1.82, 2.24) is 4.90 Å². The minimum Gasteiger partial charge on any atom is -0.550 e. The number of morpholine rings is 1. The second-order valence-corrected chi connectivity index (χ2v) is 2.93. The van der Waals surface area contributed by atoms with Crippen molar-refractivity contribution in [2.24, 2.45) is 0 Å². The number of carbonyl (C=O) groups excluding carboxylic acids is 1. The molecule has 0 aromatic rings. The maximum atomic E-state index is 10.1. The van der Waals surface area contributed by atoms with Gasteiger partial charge in [0.25, 0.3) is 0 Å². The standard InChI is InChI=1S/C8H15NO3/c10-8(11)2-1-3-9-4-6-12-7-5-9/h1-7H2,(H,10,11)/p-1. The fourth-order valence-corrected chi connectivity index (χ4v) is 1.27. The van der Waals surface area contributed by atoms with Crippen LogP contribution in [0.15, 0.2) is 0 Å². The zero-order valence-electron chi connectivity index (χ0n) is 7.12. The van der Waals surface area contributed by atoms with Crippen LogP contribution >= 0.6 is 0 Å². The lowest BCUT2D eigenvalue weighted by molar-refractivity contribution is -0.305. The summed E-state index contributed by atoms with van der Waals surface area (Å²) in [6, 6.07) is 0. The molecule has 70 valence electrons. The molecule has 0 radical (unpaired) electrons. The molecule has 0 aliphatic carbocycles. The van der Waals surface area contributed by atoms with Gasteiger partial charge in [-0.1, -0.05) is 0 Å². The summed E-state index contributed by atoms with van der Waals surface area (Å²) in [5.74, 6) is -0.955. The smallest absolute Gasteiger partial charge is 0.0594 e. The van der Waals surface area contributed by atoms with E-state index in [4.69, 9.17) is 4.74 Å². The number of carboxylic acid groups (broad SMARTS) is 1. The molecule has 0 aromatic heterocycles. The average molecular weight is 172 g/mol. The lowest BCUT2D eigenvalue weighted by Gasteiger charge is -2.26. The van der Waals surface area contributed by atoms with Crippen LogP contribution in [0.3, 0.4) is 0 Å². The molecule has 0 aromatic carbocycles. The molecule has 0 atom stereocenters. The number of rotatable bonds is 4. The molecule has 1 heterocycles. The zero-order chi connectivity index (χ0) is 8.81. The van der Waals surface area contributed by atoms with E-state index >= 15 is 0 Å². The molecule has 0 spiro atoms. The van der Waals surface area contributed by atoms with Crippen molar-refractivity contribution in [2.75, 3.05) is 32.8 Å². The predicted molar refractivity (Wildman–Crippen MR) is 41.5 cm³/mol. The van der Waals surface area contributed by atoms with E-state index in [9.17, 15) is 9.90 Å². The summed E-state index contributed by atoms with van der Waals surface area (Å²) in [4.78, 5) is 12.3. The van der Waals surface area contributed by atoms with Crippen molar-refractivity contribution >= 4 is 5.97 Å². The van der Waals surface area contributed by atoms with Crippen LogP contribution in [0.4, 0.5) is 0 Å². The van der Waals surface area contributed by atoms with E-state index in [0.717, 1.165) is 32.8 Å². The quantitative estimate of drug-likeness (QED) is 0.537. The molecule has 4 heteroatoms. The number of hydrogen-bond donors (Lipinski definition) is 0. The van der Waals surface area contributed by atoms with Crippen LogP contribution in [-0.4, -0.2) is 43.7 Å². The van der Waals surface area contributed by atoms with Gasteiger partial charge in [-0.05, 0) is 19.4 Å². The van der Waals surface area contributed by atoms with Gasteiger partial charge in [-0.25, -0.2) is 0 Å². The van der Waals surface area contributed by atoms with Crippen molar-refractivity contribution in [1.29, 1.82) is 0 Å². The van der Waals surface area contributed by atoms with E-state index in [0.29, 0.717) is 6.42 Å². The first-order valence-electron chi connectivity index (χ1n) is 4.29. The Kier molecular flexibility index (Phi) is 4.04. The van der Waals surface area contributed by atoms with Crippen LogP contribution < -0.4 is 5.11 Å². The topological polar surface area (TPSA) is 52.6 Å². The highest BCUT2D eigenvalue weighted by Gasteiger charge is 2.08. The van der Waals surface area contributed by atoms with Crippen LogP contribution in [0.2, 0.25) is 0 Å². The van der Waals surface area contributed by atoms with Crippen molar-refractivity contribution in [3.63, 3.8) is 0 Å². The molecule has 1 aliphatic heterocycles. The van der Waals surface area contributed by atoms with E-state index in [1.807, 2.05) is 0 Å². The normalized spacial score (nSPS) is 19.3. The van der Waals surface area contributed by atoms with Crippen molar-refractivity contribution in [3.05, 3.63) is 0 Å². The van der Waals surface area contributed by atoms with E-state index in [2.05, 4.69) is 4.90 Å². The Bertz CT molecular complexity index is 143. The SMILES string of the molecule is O=C([O-])CCCN1CCOCC1. The molecule has 4 nitrogen and oxygen atoms in total. The third-order valence-corrected chi connectivity index (χ3v) is 1.96. The van der Waals surface area contributed by atoms with Crippen molar-refractivity contribution in [3.8, 4) is 0 Å². The first kappa shape index (κ1) is 9.48. The minimum absolute atomic E-state index is 0.164. The Labute approximate surface area is 72.1 Å². The molecule has 0 unspecified atom stereocenters. The number of hydrogen-bond acceptors (Lipinski definition) is 4. The second kappa shape index (κ2) is 5.11. The molecule has 1 aliphatic rings. The van der Waals surface area contributed by atoms with E-state index < -0.39 is 5.97 Å². The molecule has 1 saturated heterocycles. The molecular weight excluding hydrogens is 158 g/mol. The highest BCUT2D eigenvalue weighted by atomic mass is 16.5. The van der Waals surface area contributed by atoms with Crippen LogP contribution in [0, 0.1) is 0 Å². The van der Waals surface area contributed by atoms with Crippen molar-refractivity contribution < 1.29 is 14.6 Å². The van der Waals surface area contributed by atoms with Crippen LogP contribution in [-0.2, 0) is 9.53 Å². The van der Waals surface area contributed by atoms with E-state index in [1.165, 1.54) is 0 Å². The van der Waals surface area contributed by atoms with Crippen LogP contribution in [0.25, 0.3) is 0 Å². The third kappa shape index (κ3) is 3.69. The van der Waals surface area contributed by atoms with Gasteiger partial charge in [0, 0.05) is 19.1 Å². The Morgan fingerprint density at radius 1 is 1.42 bits per heavy atom. The Hall–Kier alpha value is -0.610. The van der Waals surface area contributed by atoms with Gasteiger partial charge in [-0.2, -0.15) is 0 Å². The third-order valence-electron chi connectivity index (χ3n) is 1.96. The molecule has 1 rings (SSSR count). The minimum atomic E-state index is -0.955. The van der Waals surface area contributed by atoms with E-state index in [-0.39, 0.29) is 6.42 Å². The Morgan fingerprint density at radius 3 is 2.67 bits per heavy atom. The van der Waals surface area contributed by atoms with Crippen LogP contribution in [0.5, 0.6) is 0 Å². The highest BCUT2D eigenvalue weighted by molar-refractivity contribution is 5.64. The number of aliphatic carboxylic acids is 1. The summed E-state index contributed by atoms with van der Waals surface area (Å²) in [7, 11) is 0. The van der Waals surface area contributed by atoms with Gasteiger partial charge in [0.15, 0.2) is 0 Å². The highest BCUT2D eigenvalue weighted by Crippen LogP contribution is 1.99. The van der Waals surface area contributed by atoms with Gasteiger partial charge < -0.3 is 14.6 Å². The van der Waals surface area contributed by atoms with Gasteiger partial charge >= 0.3 is 0 Å². The van der Waals surface area contributed by atoms with Gasteiger partial charge in [0.2, 0.25) is 0 Å². The maximum Gasteiger partial charge on any atom is 0.0594 e. The van der Waals surface area contributed by atoms with Gasteiger partial charge in [-0.15, -0.1) is 0 Å².